The number of aromatic amines is 1. The van der Waals surface area contributed by atoms with Gasteiger partial charge in [-0.05, 0) is 48.7 Å². The lowest BCUT2D eigenvalue weighted by Gasteiger charge is -2.31. The monoisotopic (exact) mass is 678 g/mol. The van der Waals surface area contributed by atoms with Crippen LogP contribution in [0.4, 0.5) is 14.6 Å². The van der Waals surface area contributed by atoms with Gasteiger partial charge in [0.1, 0.15) is 29.8 Å². The number of fused-ring (bicyclic) bond motifs is 5. The van der Waals surface area contributed by atoms with E-state index in [9.17, 15) is 9.18 Å². The lowest BCUT2D eigenvalue weighted by atomic mass is 9.95. The van der Waals surface area contributed by atoms with Crippen molar-refractivity contribution in [1.82, 2.24) is 44.7 Å². The zero-order chi connectivity index (χ0) is 34.1. The van der Waals surface area contributed by atoms with Gasteiger partial charge in [0.2, 0.25) is 0 Å². The number of pyridine rings is 1. The second kappa shape index (κ2) is 11.7. The molecule has 4 aromatic heterocycles. The lowest BCUT2D eigenvalue weighted by molar-refractivity contribution is 0.0821. The molecule has 3 aliphatic rings. The molecule has 2 fully saturated rings. The molecule has 9 rings (SSSR count). The predicted molar refractivity (Wildman–Crippen MR) is 184 cm³/mol. The third-order valence-corrected chi connectivity index (χ3v) is 10.5. The zero-order valence-corrected chi connectivity index (χ0v) is 27.9. The van der Waals surface area contributed by atoms with Crippen molar-refractivity contribution in [2.45, 2.75) is 50.5 Å². The summed E-state index contributed by atoms with van der Waals surface area (Å²) in [7, 11) is 3.39. The fourth-order valence-electron chi connectivity index (χ4n) is 8.14. The number of anilines is 1. The Morgan fingerprint density at radius 3 is 2.84 bits per heavy atom. The van der Waals surface area contributed by atoms with Crippen molar-refractivity contribution in [3.8, 4) is 17.3 Å². The summed E-state index contributed by atoms with van der Waals surface area (Å²) in [5.74, 6) is -0.305. The number of H-pyrrole nitrogens is 1. The lowest BCUT2D eigenvalue weighted by Crippen LogP contribution is -2.43. The van der Waals surface area contributed by atoms with Crippen LogP contribution < -0.4 is 9.64 Å². The SMILES string of the molecule is CN(C)C(=O)c1cc2n(n1)CCCN(c1nc(OC[C@@]34CCCN3C[C@H](F)C4)nc3c(F)c(-c4c5ccccc5cc5[nH]ncc45)ncc13)C2. The number of amides is 1. The summed E-state index contributed by atoms with van der Waals surface area (Å²) in [6, 6.07) is 11.6. The standard InChI is InChI=1S/C36H36F2N10O2/c1-45(2)34(49)28-14-23-19-46(10-6-12-48(23)44-28)33-26-16-39-32(29-24-8-4-3-7-21(24)13-27-25(29)17-40-43-27)30(38)31(26)41-35(42-33)50-20-36-9-5-11-47(36)18-22(37)15-36/h3-4,7-8,13-14,16-17,22H,5-6,9-12,15,18-20H2,1-2H3,(H,40,43)/t22-,36+/m1/s1. The van der Waals surface area contributed by atoms with Gasteiger partial charge >= 0.3 is 6.01 Å². The molecular weight excluding hydrogens is 642 g/mol. The third kappa shape index (κ3) is 4.95. The highest BCUT2D eigenvalue weighted by molar-refractivity contribution is 6.11. The summed E-state index contributed by atoms with van der Waals surface area (Å²) in [5, 5.41) is 14.8. The first-order chi connectivity index (χ1) is 24.3. The number of aryl methyl sites for hydroxylation is 1. The van der Waals surface area contributed by atoms with E-state index in [-0.39, 0.29) is 29.7 Å². The van der Waals surface area contributed by atoms with E-state index in [4.69, 9.17) is 19.7 Å². The van der Waals surface area contributed by atoms with Crippen LogP contribution in [0.1, 0.15) is 41.9 Å². The van der Waals surface area contributed by atoms with Gasteiger partial charge in [-0.2, -0.15) is 20.2 Å². The molecule has 2 aromatic carbocycles. The van der Waals surface area contributed by atoms with Gasteiger partial charge in [-0.15, -0.1) is 0 Å². The van der Waals surface area contributed by atoms with Crippen LogP contribution in [0.15, 0.2) is 48.8 Å². The molecule has 256 valence electrons. The number of carbonyl (C=O) groups excluding carboxylic acids is 1. The van der Waals surface area contributed by atoms with E-state index in [1.54, 1.807) is 32.6 Å². The summed E-state index contributed by atoms with van der Waals surface area (Å²) in [6.07, 6.45) is 5.30. The highest BCUT2D eigenvalue weighted by atomic mass is 19.1. The van der Waals surface area contributed by atoms with E-state index < -0.39 is 17.5 Å². The molecule has 1 N–H and O–H groups in total. The van der Waals surface area contributed by atoms with E-state index in [2.05, 4.69) is 20.2 Å². The smallest absolute Gasteiger partial charge is 0.319 e. The Labute approximate surface area is 286 Å². The minimum atomic E-state index is -0.912. The van der Waals surface area contributed by atoms with Crippen LogP contribution in [0.3, 0.4) is 0 Å². The number of nitrogens with one attached hydrogen (secondary N) is 1. The highest BCUT2D eigenvalue weighted by Gasteiger charge is 2.49. The number of aromatic nitrogens is 7. The van der Waals surface area contributed by atoms with Crippen LogP contribution in [-0.2, 0) is 13.1 Å². The number of carbonyl (C=O) groups is 1. The van der Waals surface area contributed by atoms with Gasteiger partial charge in [-0.1, -0.05) is 24.3 Å². The first-order valence-electron chi connectivity index (χ1n) is 17.0. The van der Waals surface area contributed by atoms with Crippen LogP contribution >= 0.6 is 0 Å². The fourth-order valence-corrected chi connectivity index (χ4v) is 8.14. The average molecular weight is 679 g/mol. The average Bonchev–Trinajstić information content (AvgIpc) is 3.87. The maximum Gasteiger partial charge on any atom is 0.319 e. The van der Waals surface area contributed by atoms with Crippen molar-refractivity contribution in [1.29, 1.82) is 0 Å². The van der Waals surface area contributed by atoms with Crippen LogP contribution in [-0.4, -0.2) is 103 Å². The molecule has 14 heteroatoms. The van der Waals surface area contributed by atoms with Crippen LogP contribution in [0.2, 0.25) is 0 Å². The molecule has 6 aromatic rings. The van der Waals surface area contributed by atoms with Gasteiger partial charge in [0, 0.05) is 57.3 Å². The molecular formula is C36H36F2N10O2. The predicted octanol–water partition coefficient (Wildman–Crippen LogP) is 5.12. The summed E-state index contributed by atoms with van der Waals surface area (Å²) >= 11 is 0. The Balaban J connectivity index is 1.18. The quantitative estimate of drug-likeness (QED) is 0.256. The second-order valence-electron chi connectivity index (χ2n) is 13.9. The molecule has 3 aliphatic heterocycles. The Hall–Kier alpha value is -5.24. The van der Waals surface area contributed by atoms with E-state index in [1.807, 2.05) is 39.9 Å². The van der Waals surface area contributed by atoms with Crippen LogP contribution in [0.25, 0.3) is 43.8 Å². The second-order valence-corrected chi connectivity index (χ2v) is 13.9. The number of rotatable bonds is 6. The number of hydrogen-bond acceptors (Lipinski definition) is 9. The van der Waals surface area contributed by atoms with Crippen molar-refractivity contribution in [2.24, 2.45) is 0 Å². The number of ether oxygens (including phenoxy) is 1. The number of halogens is 2. The van der Waals surface area contributed by atoms with Crippen molar-refractivity contribution in [3.05, 3.63) is 66.0 Å². The van der Waals surface area contributed by atoms with Gasteiger partial charge in [-0.25, -0.2) is 8.78 Å². The minimum absolute atomic E-state index is 0.0275. The fraction of sp³-hybridized carbons (Fsp3) is 0.389. The molecule has 0 spiro atoms. The van der Waals surface area contributed by atoms with Gasteiger partial charge in [0.25, 0.3) is 5.91 Å². The summed E-state index contributed by atoms with van der Waals surface area (Å²) in [5.41, 5.74) is 2.38. The van der Waals surface area contributed by atoms with Crippen LogP contribution in [0.5, 0.6) is 6.01 Å². The normalized spacial score (nSPS) is 20.8. The van der Waals surface area contributed by atoms with Crippen molar-refractivity contribution >= 4 is 44.3 Å². The molecule has 0 saturated carbocycles. The summed E-state index contributed by atoms with van der Waals surface area (Å²) in [4.78, 5) is 32.8. The topological polar surface area (TPSA) is 121 Å². The van der Waals surface area contributed by atoms with Gasteiger partial charge in [0.15, 0.2) is 11.5 Å². The maximum absolute atomic E-state index is 17.2. The van der Waals surface area contributed by atoms with Crippen molar-refractivity contribution in [3.63, 3.8) is 0 Å². The summed E-state index contributed by atoms with van der Waals surface area (Å²) in [6.45, 7) is 3.01. The number of benzene rings is 2. The number of hydrogen-bond donors (Lipinski definition) is 1. The molecule has 0 radical (unpaired) electrons. The third-order valence-electron chi connectivity index (χ3n) is 10.5. The molecule has 1 amide bonds. The minimum Gasteiger partial charge on any atom is -0.461 e. The van der Waals surface area contributed by atoms with Gasteiger partial charge in [-0.3, -0.25) is 24.5 Å². The van der Waals surface area contributed by atoms with Gasteiger partial charge < -0.3 is 14.5 Å². The molecule has 12 nitrogen and oxygen atoms in total. The molecule has 2 saturated heterocycles. The van der Waals surface area contributed by atoms with Crippen LogP contribution in [0, 0.1) is 5.82 Å². The Morgan fingerprint density at radius 1 is 1.08 bits per heavy atom. The van der Waals surface area contributed by atoms with E-state index >= 15 is 4.39 Å². The number of alkyl halides is 1. The zero-order valence-electron chi connectivity index (χ0n) is 27.9. The van der Waals surface area contributed by atoms with Crippen molar-refractivity contribution < 1.29 is 18.3 Å². The molecule has 0 bridgehead atoms. The largest absolute Gasteiger partial charge is 0.461 e. The maximum atomic E-state index is 17.2. The Kier molecular flexibility index (Phi) is 7.19. The molecule has 50 heavy (non-hydrogen) atoms. The summed E-state index contributed by atoms with van der Waals surface area (Å²) < 4.78 is 40.0. The van der Waals surface area contributed by atoms with Crippen molar-refractivity contribution in [2.75, 3.05) is 45.2 Å². The Bertz CT molecular complexity index is 2300. The van der Waals surface area contributed by atoms with E-state index in [1.165, 1.54) is 4.90 Å². The molecule has 0 aliphatic carbocycles. The highest BCUT2D eigenvalue weighted by Crippen LogP contribution is 2.42. The Morgan fingerprint density at radius 2 is 1.96 bits per heavy atom. The number of nitrogens with zero attached hydrogens (tertiary/aromatic N) is 9. The first kappa shape index (κ1) is 30.8. The van der Waals surface area contributed by atoms with E-state index in [0.717, 1.165) is 46.8 Å². The first-order valence-corrected chi connectivity index (χ1v) is 17.0. The van der Waals surface area contributed by atoms with Gasteiger partial charge in [0.05, 0.1) is 34.9 Å². The molecule has 2 atom stereocenters. The molecule has 0 unspecified atom stereocenters. The molecule has 7 heterocycles. The van der Waals surface area contributed by atoms with E-state index in [0.29, 0.717) is 61.5 Å².